The summed E-state index contributed by atoms with van der Waals surface area (Å²) in [7, 11) is -4.72. The average molecular weight is 800 g/mol. The standard InChI is InChI=1S/C43H78NO10P/c1-3-5-7-9-11-13-15-17-18-19-20-21-23-25-27-29-31-33-35-42(46)54-39(37-52-55(49,50)53-38-40(44)43(47)48)36-51-41(45)34-32-30-28-26-24-22-16-14-12-10-8-6-4-2/h13-16,18-19,39-40H,3-12,17,20-38,44H2,1-2H3,(H,47,48)(H,49,50)/b15-13-,16-14-,19-18-. The highest BCUT2D eigenvalue weighted by molar-refractivity contribution is 7.47. The van der Waals surface area contributed by atoms with Gasteiger partial charge in [-0.1, -0.05) is 140 Å². The molecule has 0 aliphatic heterocycles. The predicted molar refractivity (Wildman–Crippen MR) is 222 cm³/mol. The maximum atomic E-state index is 12.6. The number of ether oxygens (including phenoxy) is 2. The number of nitrogens with two attached hydrogens (primary N) is 1. The van der Waals surface area contributed by atoms with Gasteiger partial charge in [-0.2, -0.15) is 0 Å². The van der Waals surface area contributed by atoms with E-state index in [4.69, 9.17) is 24.8 Å². The zero-order chi connectivity index (χ0) is 40.7. The Hall–Kier alpha value is -2.30. The molecule has 0 aromatic heterocycles. The van der Waals surface area contributed by atoms with Crippen molar-refractivity contribution in [2.45, 2.75) is 199 Å². The number of carbonyl (C=O) groups excluding carboxylic acids is 2. The summed E-state index contributed by atoms with van der Waals surface area (Å²) in [5, 5.41) is 8.88. The molecule has 0 radical (unpaired) electrons. The van der Waals surface area contributed by atoms with Crippen molar-refractivity contribution in [1.82, 2.24) is 0 Å². The lowest BCUT2D eigenvalue weighted by Gasteiger charge is -2.20. The number of aliphatic carboxylic acids is 1. The fourth-order valence-corrected chi connectivity index (χ4v) is 6.46. The van der Waals surface area contributed by atoms with Crippen LogP contribution in [0.5, 0.6) is 0 Å². The number of hydrogen-bond donors (Lipinski definition) is 3. The van der Waals surface area contributed by atoms with Crippen LogP contribution in [0, 0.1) is 0 Å². The van der Waals surface area contributed by atoms with Crippen LogP contribution in [-0.4, -0.2) is 59.9 Å². The topological polar surface area (TPSA) is 172 Å². The Morgan fingerprint density at radius 3 is 1.44 bits per heavy atom. The van der Waals surface area contributed by atoms with E-state index in [-0.39, 0.29) is 19.4 Å². The Kier molecular flexibility index (Phi) is 37.0. The van der Waals surface area contributed by atoms with Gasteiger partial charge in [0.25, 0.3) is 0 Å². The van der Waals surface area contributed by atoms with Crippen molar-refractivity contribution in [2.75, 3.05) is 19.8 Å². The molecule has 0 aromatic carbocycles. The third-order valence-electron chi connectivity index (χ3n) is 9.11. The summed E-state index contributed by atoms with van der Waals surface area (Å²) in [6, 6.07) is -1.52. The molecule has 320 valence electrons. The Bertz CT molecular complexity index is 1080. The van der Waals surface area contributed by atoms with Crippen molar-refractivity contribution in [2.24, 2.45) is 5.73 Å². The highest BCUT2D eigenvalue weighted by atomic mass is 31.2. The Labute approximate surface area is 333 Å². The molecule has 12 heteroatoms. The lowest BCUT2D eigenvalue weighted by molar-refractivity contribution is -0.161. The van der Waals surface area contributed by atoms with Gasteiger partial charge >= 0.3 is 25.7 Å². The molecular formula is C43H78NO10P. The first-order chi connectivity index (χ1) is 26.6. The van der Waals surface area contributed by atoms with Gasteiger partial charge in [0.05, 0.1) is 13.2 Å². The number of hydrogen-bond acceptors (Lipinski definition) is 9. The van der Waals surface area contributed by atoms with Crippen molar-refractivity contribution < 1.29 is 47.5 Å². The second-order valence-electron chi connectivity index (χ2n) is 14.5. The maximum absolute atomic E-state index is 12.6. The smallest absolute Gasteiger partial charge is 0.472 e. The predicted octanol–water partition coefficient (Wildman–Crippen LogP) is 11.2. The van der Waals surface area contributed by atoms with Crippen LogP contribution in [0.25, 0.3) is 0 Å². The largest absolute Gasteiger partial charge is 0.480 e. The molecule has 0 heterocycles. The normalized spacial score (nSPS) is 14.1. The Morgan fingerprint density at radius 2 is 0.964 bits per heavy atom. The number of esters is 2. The zero-order valence-corrected chi connectivity index (χ0v) is 35.4. The number of rotatable bonds is 40. The van der Waals surface area contributed by atoms with Crippen LogP contribution in [0.4, 0.5) is 0 Å². The Balaban J connectivity index is 4.39. The lowest BCUT2D eigenvalue weighted by Crippen LogP contribution is -2.34. The fraction of sp³-hybridized carbons (Fsp3) is 0.791. The molecule has 0 saturated heterocycles. The van der Waals surface area contributed by atoms with Crippen LogP contribution < -0.4 is 5.73 Å². The van der Waals surface area contributed by atoms with Gasteiger partial charge < -0.3 is 25.2 Å². The monoisotopic (exact) mass is 800 g/mol. The van der Waals surface area contributed by atoms with Gasteiger partial charge in [-0.15, -0.1) is 0 Å². The molecule has 55 heavy (non-hydrogen) atoms. The quantitative estimate of drug-likeness (QED) is 0.0233. The second-order valence-corrected chi connectivity index (χ2v) is 15.9. The number of unbranched alkanes of at least 4 members (excludes halogenated alkanes) is 20. The maximum Gasteiger partial charge on any atom is 0.472 e. The fourth-order valence-electron chi connectivity index (χ4n) is 5.68. The van der Waals surface area contributed by atoms with Gasteiger partial charge in [0.2, 0.25) is 0 Å². The summed E-state index contributed by atoms with van der Waals surface area (Å²) in [4.78, 5) is 45.9. The molecule has 3 atom stereocenters. The summed E-state index contributed by atoms with van der Waals surface area (Å²) in [6.45, 7) is 2.75. The summed E-state index contributed by atoms with van der Waals surface area (Å²) in [5.74, 6) is -2.40. The third-order valence-corrected chi connectivity index (χ3v) is 10.1. The molecule has 0 saturated carbocycles. The molecule has 0 amide bonds. The molecular weight excluding hydrogens is 721 g/mol. The molecule has 0 bridgehead atoms. The average Bonchev–Trinajstić information content (AvgIpc) is 3.16. The third kappa shape index (κ3) is 38.4. The number of carboxylic acids is 1. The lowest BCUT2D eigenvalue weighted by atomic mass is 10.1. The SMILES string of the molecule is CCCCCC/C=C\C/C=C\CCCCCCCCCC(=O)OC(COC(=O)CCCCCCC/C=C\CCCCCC)COP(=O)(O)OCC(N)C(=O)O. The minimum Gasteiger partial charge on any atom is -0.480 e. The number of allylic oxidation sites excluding steroid dienone is 6. The minimum atomic E-state index is -4.72. The highest BCUT2D eigenvalue weighted by Gasteiger charge is 2.28. The van der Waals surface area contributed by atoms with Crippen LogP contribution in [0.15, 0.2) is 36.5 Å². The summed E-state index contributed by atoms with van der Waals surface area (Å²) in [5.41, 5.74) is 5.33. The highest BCUT2D eigenvalue weighted by Crippen LogP contribution is 2.43. The molecule has 4 N–H and O–H groups in total. The van der Waals surface area contributed by atoms with E-state index in [9.17, 15) is 23.8 Å². The van der Waals surface area contributed by atoms with Crippen LogP contribution in [0.2, 0.25) is 0 Å². The first-order valence-corrected chi connectivity index (χ1v) is 23.0. The van der Waals surface area contributed by atoms with Gasteiger partial charge in [-0.05, 0) is 70.6 Å². The van der Waals surface area contributed by atoms with Gasteiger partial charge in [0, 0.05) is 12.8 Å². The summed E-state index contributed by atoms with van der Waals surface area (Å²) in [6.07, 6.45) is 40.6. The molecule has 0 aliphatic rings. The summed E-state index contributed by atoms with van der Waals surface area (Å²) < 4.78 is 32.7. The number of phosphoric ester groups is 1. The molecule has 0 aromatic rings. The van der Waals surface area contributed by atoms with Crippen LogP contribution in [0.1, 0.15) is 187 Å². The van der Waals surface area contributed by atoms with Gasteiger partial charge in [-0.3, -0.25) is 23.4 Å². The van der Waals surface area contributed by atoms with Crippen molar-refractivity contribution in [3.05, 3.63) is 36.5 Å². The molecule has 0 fully saturated rings. The van der Waals surface area contributed by atoms with E-state index < -0.39 is 51.1 Å². The molecule has 3 unspecified atom stereocenters. The molecule has 0 rings (SSSR count). The molecule has 11 nitrogen and oxygen atoms in total. The van der Waals surface area contributed by atoms with Gasteiger partial charge in [0.1, 0.15) is 12.6 Å². The van der Waals surface area contributed by atoms with E-state index >= 15 is 0 Å². The van der Waals surface area contributed by atoms with E-state index in [2.05, 4.69) is 54.8 Å². The first kappa shape index (κ1) is 52.7. The van der Waals surface area contributed by atoms with E-state index in [0.29, 0.717) is 12.8 Å². The van der Waals surface area contributed by atoms with Crippen LogP contribution >= 0.6 is 7.82 Å². The molecule has 0 aliphatic carbocycles. The van der Waals surface area contributed by atoms with Crippen molar-refractivity contribution in [3.63, 3.8) is 0 Å². The van der Waals surface area contributed by atoms with E-state index in [1.54, 1.807) is 0 Å². The Morgan fingerprint density at radius 1 is 0.564 bits per heavy atom. The number of carbonyl (C=O) groups is 3. The number of phosphoric acid groups is 1. The van der Waals surface area contributed by atoms with E-state index in [1.165, 1.54) is 70.6 Å². The van der Waals surface area contributed by atoms with Crippen molar-refractivity contribution in [1.29, 1.82) is 0 Å². The van der Waals surface area contributed by atoms with Crippen molar-refractivity contribution >= 4 is 25.7 Å². The minimum absolute atomic E-state index is 0.151. The van der Waals surface area contributed by atoms with E-state index in [0.717, 1.165) is 77.0 Å². The molecule has 0 spiro atoms. The van der Waals surface area contributed by atoms with E-state index in [1.807, 2.05) is 0 Å². The first-order valence-electron chi connectivity index (χ1n) is 21.5. The van der Waals surface area contributed by atoms with Crippen LogP contribution in [0.3, 0.4) is 0 Å². The second kappa shape index (κ2) is 38.6. The van der Waals surface area contributed by atoms with Gasteiger partial charge in [-0.25, -0.2) is 4.57 Å². The number of carboxylic acid groups (broad SMARTS) is 1. The summed E-state index contributed by atoms with van der Waals surface area (Å²) >= 11 is 0. The van der Waals surface area contributed by atoms with Crippen molar-refractivity contribution in [3.8, 4) is 0 Å². The van der Waals surface area contributed by atoms with Crippen LogP contribution in [-0.2, 0) is 37.5 Å². The van der Waals surface area contributed by atoms with Gasteiger partial charge in [0.15, 0.2) is 6.10 Å². The zero-order valence-electron chi connectivity index (χ0n) is 34.5.